The average molecular weight is 465 g/mol. The second-order valence-corrected chi connectivity index (χ2v) is 8.30. The summed E-state index contributed by atoms with van der Waals surface area (Å²) < 4.78 is 18.4. The van der Waals surface area contributed by atoms with Gasteiger partial charge in [-0.25, -0.2) is 9.79 Å². The van der Waals surface area contributed by atoms with Gasteiger partial charge in [-0.15, -0.1) is 0 Å². The Balaban J connectivity index is 2.00. The largest absolute Gasteiger partial charge is 0.496 e. The van der Waals surface area contributed by atoms with E-state index in [1.807, 2.05) is 42.5 Å². The molecule has 0 fully saturated rings. The number of carbonyl (C=O) groups is 1. The van der Waals surface area contributed by atoms with Gasteiger partial charge in [0.2, 0.25) is 0 Å². The third-order valence-electron chi connectivity index (χ3n) is 5.38. The summed E-state index contributed by atoms with van der Waals surface area (Å²) >= 11 is 1.26. The van der Waals surface area contributed by atoms with E-state index in [-0.39, 0.29) is 12.2 Å². The van der Waals surface area contributed by atoms with Crippen LogP contribution in [0.2, 0.25) is 0 Å². The Labute approximate surface area is 194 Å². The summed E-state index contributed by atoms with van der Waals surface area (Å²) in [5, 5.41) is 0. The molecule has 4 rings (SSSR count). The zero-order valence-corrected chi connectivity index (χ0v) is 19.6. The fraction of sp³-hybridized carbons (Fsp3) is 0.240. The van der Waals surface area contributed by atoms with Gasteiger partial charge in [0.15, 0.2) is 4.80 Å². The van der Waals surface area contributed by atoms with E-state index in [0.717, 1.165) is 5.56 Å². The number of para-hydroxylation sites is 2. The van der Waals surface area contributed by atoms with Crippen LogP contribution in [0.5, 0.6) is 11.5 Å². The highest BCUT2D eigenvalue weighted by Gasteiger charge is 2.34. The second-order valence-electron chi connectivity index (χ2n) is 7.29. The first kappa shape index (κ1) is 22.5. The van der Waals surface area contributed by atoms with Gasteiger partial charge in [0.25, 0.3) is 5.56 Å². The van der Waals surface area contributed by atoms with Gasteiger partial charge < -0.3 is 14.2 Å². The zero-order valence-electron chi connectivity index (χ0n) is 18.8. The minimum Gasteiger partial charge on any atom is -0.496 e. The van der Waals surface area contributed by atoms with Crippen molar-refractivity contribution in [3.63, 3.8) is 0 Å². The number of aromatic nitrogens is 1. The Kier molecular flexibility index (Phi) is 6.46. The smallest absolute Gasteiger partial charge is 0.338 e. The summed E-state index contributed by atoms with van der Waals surface area (Å²) in [5.41, 5.74) is 2.03. The van der Waals surface area contributed by atoms with E-state index in [9.17, 15) is 9.59 Å². The van der Waals surface area contributed by atoms with Crippen LogP contribution in [0.3, 0.4) is 0 Å². The van der Waals surface area contributed by atoms with Crippen LogP contribution in [0.25, 0.3) is 6.08 Å². The normalized spacial score (nSPS) is 15.6. The predicted molar refractivity (Wildman–Crippen MR) is 126 cm³/mol. The molecule has 0 N–H and O–H groups in total. The molecule has 1 unspecified atom stereocenters. The summed E-state index contributed by atoms with van der Waals surface area (Å²) in [4.78, 5) is 31.7. The van der Waals surface area contributed by atoms with Crippen LogP contribution in [-0.4, -0.2) is 31.4 Å². The monoisotopic (exact) mass is 464 g/mol. The molecule has 33 heavy (non-hydrogen) atoms. The molecule has 1 aliphatic rings. The first-order valence-corrected chi connectivity index (χ1v) is 11.3. The van der Waals surface area contributed by atoms with Crippen LogP contribution < -0.4 is 24.4 Å². The van der Waals surface area contributed by atoms with E-state index in [2.05, 4.69) is 4.99 Å². The van der Waals surface area contributed by atoms with E-state index in [0.29, 0.717) is 37.7 Å². The van der Waals surface area contributed by atoms with Crippen molar-refractivity contribution in [2.24, 2.45) is 4.99 Å². The minimum absolute atomic E-state index is 0.215. The van der Waals surface area contributed by atoms with Crippen LogP contribution in [0.1, 0.15) is 31.0 Å². The second kappa shape index (κ2) is 9.46. The van der Waals surface area contributed by atoms with Crippen molar-refractivity contribution in [2.75, 3.05) is 20.8 Å². The molecule has 2 heterocycles. The number of fused-ring (bicyclic) bond motifs is 1. The van der Waals surface area contributed by atoms with Crippen molar-refractivity contribution < 1.29 is 19.0 Å². The highest BCUT2D eigenvalue weighted by atomic mass is 32.1. The van der Waals surface area contributed by atoms with Crippen LogP contribution >= 0.6 is 11.3 Å². The first-order valence-electron chi connectivity index (χ1n) is 10.5. The maximum Gasteiger partial charge on any atom is 0.338 e. The number of rotatable bonds is 6. The summed E-state index contributed by atoms with van der Waals surface area (Å²) in [7, 11) is 3.15. The molecule has 0 bridgehead atoms. The highest BCUT2D eigenvalue weighted by Crippen LogP contribution is 2.35. The first-order chi connectivity index (χ1) is 16.0. The quantitative estimate of drug-likeness (QED) is 0.524. The van der Waals surface area contributed by atoms with Crippen LogP contribution in [0, 0.1) is 0 Å². The van der Waals surface area contributed by atoms with E-state index in [1.54, 1.807) is 44.8 Å². The van der Waals surface area contributed by atoms with E-state index in [4.69, 9.17) is 14.2 Å². The third kappa shape index (κ3) is 4.09. The molecular weight excluding hydrogens is 440 g/mol. The number of hydrogen-bond acceptors (Lipinski definition) is 7. The molecule has 0 amide bonds. The number of carbonyl (C=O) groups excluding carboxylic acids is 1. The fourth-order valence-corrected chi connectivity index (χ4v) is 4.94. The molecule has 0 aliphatic carbocycles. The van der Waals surface area contributed by atoms with E-state index >= 15 is 0 Å². The maximum absolute atomic E-state index is 13.7. The molecule has 0 saturated heterocycles. The number of methoxy groups -OCH3 is 2. The van der Waals surface area contributed by atoms with Crippen molar-refractivity contribution in [2.45, 2.75) is 19.9 Å². The summed E-state index contributed by atoms with van der Waals surface area (Å²) in [6.07, 6.45) is 1.78. The molecule has 1 aliphatic heterocycles. The van der Waals surface area contributed by atoms with Gasteiger partial charge in [0.1, 0.15) is 17.5 Å². The summed E-state index contributed by atoms with van der Waals surface area (Å²) in [6.45, 7) is 3.72. The Morgan fingerprint density at radius 3 is 2.45 bits per heavy atom. The lowest BCUT2D eigenvalue weighted by atomic mass is 9.95. The Morgan fingerprint density at radius 1 is 1.09 bits per heavy atom. The molecule has 1 atom stereocenters. The molecule has 3 aromatic rings. The Hall–Kier alpha value is -3.65. The number of hydrogen-bond donors (Lipinski definition) is 0. The van der Waals surface area contributed by atoms with Crippen molar-refractivity contribution >= 4 is 23.4 Å². The van der Waals surface area contributed by atoms with E-state index in [1.165, 1.54) is 11.3 Å². The maximum atomic E-state index is 13.7. The van der Waals surface area contributed by atoms with Gasteiger partial charge in [0.05, 0.1) is 36.6 Å². The van der Waals surface area contributed by atoms with E-state index < -0.39 is 12.0 Å². The lowest BCUT2D eigenvalue weighted by molar-refractivity contribution is -0.139. The van der Waals surface area contributed by atoms with Gasteiger partial charge in [-0.05, 0) is 32.1 Å². The number of thiazole rings is 1. The summed E-state index contributed by atoms with van der Waals surface area (Å²) in [6, 6.07) is 14.1. The SMILES string of the molecule is CCOC(=O)C1=C(C)N=c2s/c(=C\c3ccccc3OC)c(=O)n2C1c1ccccc1OC. The van der Waals surface area contributed by atoms with Gasteiger partial charge in [0, 0.05) is 11.1 Å². The Morgan fingerprint density at radius 2 is 1.76 bits per heavy atom. The van der Waals surface area contributed by atoms with Crippen molar-refractivity contribution in [1.29, 1.82) is 0 Å². The van der Waals surface area contributed by atoms with Crippen LogP contribution in [0.4, 0.5) is 0 Å². The Bertz CT molecular complexity index is 1420. The molecule has 1 aromatic heterocycles. The number of ether oxygens (including phenoxy) is 3. The van der Waals surface area contributed by atoms with Crippen LogP contribution in [-0.2, 0) is 9.53 Å². The van der Waals surface area contributed by atoms with Crippen molar-refractivity contribution in [1.82, 2.24) is 4.57 Å². The number of nitrogens with zero attached hydrogens (tertiary/aromatic N) is 2. The molecule has 2 aromatic carbocycles. The third-order valence-corrected chi connectivity index (χ3v) is 6.36. The molecule has 8 heteroatoms. The van der Waals surface area contributed by atoms with Gasteiger partial charge in [-0.2, -0.15) is 0 Å². The molecule has 0 spiro atoms. The van der Waals surface area contributed by atoms with Gasteiger partial charge >= 0.3 is 5.97 Å². The van der Waals surface area contributed by atoms with Crippen molar-refractivity contribution in [3.8, 4) is 11.5 Å². The fourth-order valence-electron chi connectivity index (χ4n) is 3.90. The number of benzene rings is 2. The molecular formula is C25H24N2O5S. The molecule has 7 nitrogen and oxygen atoms in total. The lowest BCUT2D eigenvalue weighted by Gasteiger charge is -2.25. The minimum atomic E-state index is -0.726. The zero-order chi connectivity index (χ0) is 23.5. The highest BCUT2D eigenvalue weighted by molar-refractivity contribution is 7.07. The van der Waals surface area contributed by atoms with Crippen molar-refractivity contribution in [3.05, 3.63) is 90.6 Å². The summed E-state index contributed by atoms with van der Waals surface area (Å²) in [5.74, 6) is 0.722. The van der Waals surface area contributed by atoms with Gasteiger partial charge in [-0.3, -0.25) is 9.36 Å². The van der Waals surface area contributed by atoms with Crippen LogP contribution in [0.15, 0.2) is 69.6 Å². The van der Waals surface area contributed by atoms with Gasteiger partial charge in [-0.1, -0.05) is 47.7 Å². The number of allylic oxidation sites excluding steroid dienone is 1. The molecule has 0 radical (unpaired) electrons. The topological polar surface area (TPSA) is 79.1 Å². The average Bonchev–Trinajstić information content (AvgIpc) is 3.13. The predicted octanol–water partition coefficient (Wildman–Crippen LogP) is 2.82. The molecule has 170 valence electrons. The standard InChI is InChI=1S/C25H24N2O5S/c1-5-32-24(29)21-15(2)26-25-27(22(21)17-11-7-9-13-19(17)31-4)23(28)20(33-25)14-16-10-6-8-12-18(16)30-3/h6-14,22H,5H2,1-4H3/b20-14-. The number of esters is 1. The lowest BCUT2D eigenvalue weighted by Crippen LogP contribution is -2.40. The molecule has 0 saturated carbocycles.